The Morgan fingerprint density at radius 2 is 1.46 bits per heavy atom. The number of ketones is 2. The molecule has 0 radical (unpaired) electrons. The van der Waals surface area contributed by atoms with Crippen LogP contribution in [0.2, 0.25) is 0 Å². The second-order valence-corrected chi connectivity index (χ2v) is 6.32. The van der Waals surface area contributed by atoms with Crippen LogP contribution in [-0.2, 0) is 6.54 Å². The van der Waals surface area contributed by atoms with Gasteiger partial charge in [-0.05, 0) is 38.0 Å². The van der Waals surface area contributed by atoms with Crippen molar-refractivity contribution < 1.29 is 9.59 Å². The molecule has 0 aliphatic heterocycles. The Kier molecular flexibility index (Phi) is 5.12. The molecule has 0 fully saturated rings. The number of carbonyl (C=O) groups excluding carboxylic acids is 2. The largest absolute Gasteiger partial charge is 0.339 e. The molecule has 4 heteroatoms. The molecule has 0 aliphatic rings. The number of Topliss-reactive ketones (excluding diaryl/α,β-unsaturated/α-hetero) is 2. The zero-order valence-electron chi connectivity index (χ0n) is 15.3. The van der Waals surface area contributed by atoms with Crippen molar-refractivity contribution in [1.82, 2.24) is 9.55 Å². The van der Waals surface area contributed by atoms with Crippen LogP contribution in [0.1, 0.15) is 47.9 Å². The number of nitrogens with zero attached hydrogens (tertiary/aromatic N) is 2. The summed E-state index contributed by atoms with van der Waals surface area (Å²) in [5.74, 6) is -0.213. The van der Waals surface area contributed by atoms with Crippen molar-refractivity contribution >= 4 is 11.6 Å². The molecule has 0 saturated carbocycles. The summed E-state index contributed by atoms with van der Waals surface area (Å²) >= 11 is 0. The van der Waals surface area contributed by atoms with Crippen LogP contribution in [0, 0.1) is 0 Å². The van der Waals surface area contributed by atoms with Crippen molar-refractivity contribution in [2.45, 2.75) is 33.7 Å². The highest BCUT2D eigenvalue weighted by Crippen LogP contribution is 2.38. The van der Waals surface area contributed by atoms with Crippen molar-refractivity contribution in [3.05, 3.63) is 66.0 Å². The molecule has 2 aromatic heterocycles. The Hall–Kier alpha value is -3.01. The van der Waals surface area contributed by atoms with E-state index in [1.165, 1.54) is 13.8 Å². The number of hydrogen-bond donors (Lipinski definition) is 0. The lowest BCUT2D eigenvalue weighted by Crippen LogP contribution is -2.04. The van der Waals surface area contributed by atoms with Gasteiger partial charge in [0.05, 0.1) is 22.5 Å². The van der Waals surface area contributed by atoms with Crippen LogP contribution in [-0.4, -0.2) is 21.1 Å². The van der Waals surface area contributed by atoms with E-state index >= 15 is 0 Å². The van der Waals surface area contributed by atoms with Gasteiger partial charge in [0.2, 0.25) is 0 Å². The molecule has 0 bridgehead atoms. The molecule has 0 unspecified atom stereocenters. The van der Waals surface area contributed by atoms with Gasteiger partial charge in [0.25, 0.3) is 0 Å². The van der Waals surface area contributed by atoms with Crippen LogP contribution in [0.25, 0.3) is 22.5 Å². The van der Waals surface area contributed by atoms with Crippen LogP contribution in [0.5, 0.6) is 0 Å². The van der Waals surface area contributed by atoms with Gasteiger partial charge in [-0.1, -0.05) is 37.3 Å². The molecule has 0 spiro atoms. The molecular weight excluding hydrogens is 324 g/mol. The van der Waals surface area contributed by atoms with E-state index in [-0.39, 0.29) is 11.6 Å². The summed E-state index contributed by atoms with van der Waals surface area (Å²) in [6.45, 7) is 5.84. The summed E-state index contributed by atoms with van der Waals surface area (Å²) in [6, 6.07) is 13.6. The highest BCUT2D eigenvalue weighted by atomic mass is 16.1. The molecule has 0 N–H and O–H groups in total. The van der Waals surface area contributed by atoms with E-state index in [0.29, 0.717) is 17.7 Å². The molecule has 26 heavy (non-hydrogen) atoms. The molecule has 132 valence electrons. The van der Waals surface area contributed by atoms with Gasteiger partial charge in [0.15, 0.2) is 11.6 Å². The van der Waals surface area contributed by atoms with Crippen LogP contribution in [0.4, 0.5) is 0 Å². The van der Waals surface area contributed by atoms with Gasteiger partial charge in [-0.25, -0.2) is 0 Å². The maximum atomic E-state index is 12.6. The first-order valence-electron chi connectivity index (χ1n) is 8.80. The predicted molar refractivity (Wildman–Crippen MR) is 103 cm³/mol. The molecule has 0 aliphatic carbocycles. The normalized spacial score (nSPS) is 10.7. The first-order valence-corrected chi connectivity index (χ1v) is 8.80. The fourth-order valence-electron chi connectivity index (χ4n) is 3.45. The summed E-state index contributed by atoms with van der Waals surface area (Å²) in [7, 11) is 0. The number of rotatable bonds is 6. The van der Waals surface area contributed by atoms with Gasteiger partial charge in [-0.15, -0.1) is 0 Å². The van der Waals surface area contributed by atoms with E-state index in [0.717, 1.165) is 28.9 Å². The predicted octanol–water partition coefficient (Wildman–Crippen LogP) is 5.03. The SMILES string of the molecule is CCCn1c(-c2ccccc2)c(C(C)=O)c(C(C)=O)c1-c1cccnc1. The Labute approximate surface area is 153 Å². The van der Waals surface area contributed by atoms with Gasteiger partial charge in [-0.3, -0.25) is 14.6 Å². The molecule has 0 amide bonds. The second-order valence-electron chi connectivity index (χ2n) is 6.32. The van der Waals surface area contributed by atoms with Crippen molar-refractivity contribution in [2.24, 2.45) is 0 Å². The lowest BCUT2D eigenvalue weighted by atomic mass is 9.97. The third-order valence-electron chi connectivity index (χ3n) is 4.40. The number of pyridine rings is 1. The van der Waals surface area contributed by atoms with Crippen LogP contribution >= 0.6 is 0 Å². The molecule has 4 nitrogen and oxygen atoms in total. The van der Waals surface area contributed by atoms with Gasteiger partial charge in [-0.2, -0.15) is 0 Å². The summed E-state index contributed by atoms with van der Waals surface area (Å²) in [6.07, 6.45) is 4.33. The lowest BCUT2D eigenvalue weighted by Gasteiger charge is -2.14. The number of aromatic nitrogens is 2. The van der Waals surface area contributed by atoms with Crippen LogP contribution < -0.4 is 0 Å². The minimum atomic E-state index is -0.110. The zero-order valence-corrected chi connectivity index (χ0v) is 15.3. The number of benzene rings is 1. The third-order valence-corrected chi connectivity index (χ3v) is 4.40. The maximum absolute atomic E-state index is 12.6. The Morgan fingerprint density at radius 3 is 1.96 bits per heavy atom. The van der Waals surface area contributed by atoms with E-state index in [4.69, 9.17) is 0 Å². The van der Waals surface area contributed by atoms with E-state index in [1.807, 2.05) is 42.5 Å². The average Bonchev–Trinajstić information content (AvgIpc) is 2.99. The van der Waals surface area contributed by atoms with Gasteiger partial charge < -0.3 is 4.57 Å². The quantitative estimate of drug-likeness (QED) is 0.588. The Morgan fingerprint density at radius 1 is 0.885 bits per heavy atom. The average molecular weight is 346 g/mol. The lowest BCUT2D eigenvalue weighted by molar-refractivity contribution is 0.0982. The van der Waals surface area contributed by atoms with Crippen molar-refractivity contribution in [3.8, 4) is 22.5 Å². The summed E-state index contributed by atoms with van der Waals surface area (Å²) in [5, 5.41) is 0. The Balaban J connectivity index is 2.47. The number of carbonyl (C=O) groups is 2. The van der Waals surface area contributed by atoms with Gasteiger partial charge >= 0.3 is 0 Å². The van der Waals surface area contributed by atoms with Crippen LogP contribution in [0.15, 0.2) is 54.9 Å². The molecule has 2 heterocycles. The summed E-state index contributed by atoms with van der Waals surface area (Å²) in [5.41, 5.74) is 4.34. The van der Waals surface area contributed by atoms with Crippen molar-refractivity contribution in [2.75, 3.05) is 0 Å². The monoisotopic (exact) mass is 346 g/mol. The number of hydrogen-bond acceptors (Lipinski definition) is 3. The molecule has 0 saturated heterocycles. The zero-order chi connectivity index (χ0) is 18.7. The first kappa shape index (κ1) is 17.8. The fourth-order valence-corrected chi connectivity index (χ4v) is 3.45. The maximum Gasteiger partial charge on any atom is 0.162 e. The molecule has 0 atom stereocenters. The second kappa shape index (κ2) is 7.48. The summed E-state index contributed by atoms with van der Waals surface area (Å²) in [4.78, 5) is 29.4. The minimum absolute atomic E-state index is 0.103. The van der Waals surface area contributed by atoms with Gasteiger partial charge in [0, 0.05) is 24.5 Å². The van der Waals surface area contributed by atoms with E-state index in [2.05, 4.69) is 16.5 Å². The Bertz CT molecular complexity index is 866. The van der Waals surface area contributed by atoms with Crippen molar-refractivity contribution in [1.29, 1.82) is 0 Å². The molecular formula is C22H22N2O2. The van der Waals surface area contributed by atoms with E-state index < -0.39 is 0 Å². The van der Waals surface area contributed by atoms with Gasteiger partial charge in [0.1, 0.15) is 0 Å². The van der Waals surface area contributed by atoms with Crippen LogP contribution in [0.3, 0.4) is 0 Å². The van der Waals surface area contributed by atoms with E-state index in [9.17, 15) is 9.59 Å². The fraction of sp³-hybridized carbons (Fsp3) is 0.227. The smallest absolute Gasteiger partial charge is 0.162 e. The minimum Gasteiger partial charge on any atom is -0.339 e. The topological polar surface area (TPSA) is 52.0 Å². The molecule has 1 aromatic carbocycles. The third kappa shape index (κ3) is 3.10. The summed E-state index contributed by atoms with van der Waals surface area (Å²) < 4.78 is 2.10. The first-order chi connectivity index (χ1) is 12.6. The molecule has 3 rings (SSSR count). The van der Waals surface area contributed by atoms with E-state index in [1.54, 1.807) is 12.4 Å². The highest BCUT2D eigenvalue weighted by Gasteiger charge is 2.29. The highest BCUT2D eigenvalue weighted by molar-refractivity contribution is 6.15. The molecule has 3 aromatic rings. The van der Waals surface area contributed by atoms with Crippen molar-refractivity contribution in [3.63, 3.8) is 0 Å². The standard InChI is InChI=1S/C22H22N2O2/c1-4-13-24-21(17-9-6-5-7-10-17)19(15(2)25)20(16(3)26)22(24)18-11-8-12-23-14-18/h5-12,14H,4,13H2,1-3H3.